The molecule has 0 saturated carbocycles. The van der Waals surface area contributed by atoms with Gasteiger partial charge in [-0.1, -0.05) is 0 Å². The smallest absolute Gasteiger partial charge is 0.251 e. The molecule has 1 aromatic rings. The maximum atomic E-state index is 13.4. The number of nitrogen functional groups attached to an aromatic ring is 1. The molecule has 1 rings (SSSR count). The Bertz CT molecular complexity index is 416. The molecule has 1 amide bonds. The average molecular weight is 240 g/mol. The molecule has 0 unspecified atom stereocenters. The van der Waals surface area contributed by atoms with Gasteiger partial charge in [-0.15, -0.1) is 0 Å². The topological polar surface area (TPSA) is 75.4 Å². The summed E-state index contributed by atoms with van der Waals surface area (Å²) in [5.74, 6) is -0.976. The van der Waals surface area contributed by atoms with Crippen molar-refractivity contribution in [1.82, 2.24) is 5.32 Å². The zero-order chi connectivity index (χ0) is 13.2. The van der Waals surface area contributed by atoms with Crippen LogP contribution >= 0.6 is 0 Å². The molecule has 0 aliphatic rings. The van der Waals surface area contributed by atoms with Crippen LogP contribution in [0.5, 0.6) is 0 Å². The quantitative estimate of drug-likeness (QED) is 0.695. The second-order valence-electron chi connectivity index (χ2n) is 4.67. The Morgan fingerprint density at radius 3 is 2.59 bits per heavy atom. The monoisotopic (exact) mass is 240 g/mol. The zero-order valence-electron chi connectivity index (χ0n) is 10.2. The van der Waals surface area contributed by atoms with Gasteiger partial charge in [0.15, 0.2) is 0 Å². The number of rotatable bonds is 3. The van der Waals surface area contributed by atoms with E-state index in [1.54, 1.807) is 20.8 Å². The number of hydrogen-bond acceptors (Lipinski definition) is 3. The van der Waals surface area contributed by atoms with E-state index >= 15 is 0 Å². The molecule has 5 heteroatoms. The maximum Gasteiger partial charge on any atom is 0.251 e. The minimum absolute atomic E-state index is 0.0846. The fourth-order valence-corrected chi connectivity index (χ4v) is 1.23. The van der Waals surface area contributed by atoms with Crippen LogP contribution in [0, 0.1) is 12.7 Å². The number of benzene rings is 1. The van der Waals surface area contributed by atoms with Crippen molar-refractivity contribution < 1.29 is 14.3 Å². The summed E-state index contributed by atoms with van der Waals surface area (Å²) < 4.78 is 13.4. The molecule has 94 valence electrons. The van der Waals surface area contributed by atoms with Crippen LogP contribution in [0.25, 0.3) is 0 Å². The van der Waals surface area contributed by atoms with E-state index in [2.05, 4.69) is 5.32 Å². The lowest BCUT2D eigenvalue weighted by Gasteiger charge is -2.17. The third-order valence-electron chi connectivity index (χ3n) is 2.33. The molecule has 17 heavy (non-hydrogen) atoms. The highest BCUT2D eigenvalue weighted by Gasteiger charge is 2.16. The predicted molar refractivity (Wildman–Crippen MR) is 64.2 cm³/mol. The van der Waals surface area contributed by atoms with Gasteiger partial charge in [0.2, 0.25) is 0 Å². The summed E-state index contributed by atoms with van der Waals surface area (Å²) in [6.07, 6.45) is 0. The maximum absolute atomic E-state index is 13.4. The fraction of sp³-hybridized carbons (Fsp3) is 0.417. The van der Waals surface area contributed by atoms with Crippen LogP contribution in [-0.2, 0) is 0 Å². The Balaban J connectivity index is 2.84. The van der Waals surface area contributed by atoms with E-state index in [0.29, 0.717) is 5.56 Å². The number of nitrogens with one attached hydrogen (secondary N) is 1. The molecule has 0 radical (unpaired) electrons. The van der Waals surface area contributed by atoms with Crippen molar-refractivity contribution >= 4 is 11.6 Å². The summed E-state index contributed by atoms with van der Waals surface area (Å²) in [5.41, 5.74) is 5.27. The molecule has 0 saturated heterocycles. The summed E-state index contributed by atoms with van der Waals surface area (Å²) >= 11 is 0. The van der Waals surface area contributed by atoms with Crippen LogP contribution in [0.3, 0.4) is 0 Å². The van der Waals surface area contributed by atoms with Gasteiger partial charge in [-0.2, -0.15) is 0 Å². The van der Waals surface area contributed by atoms with Gasteiger partial charge in [0, 0.05) is 23.4 Å². The van der Waals surface area contributed by atoms with Crippen LogP contribution in [0.2, 0.25) is 0 Å². The number of hydrogen-bond donors (Lipinski definition) is 3. The number of anilines is 1. The standard InChI is InChI=1S/C12H17FN2O2/c1-7-9(13)4-8(5-10(7)14)11(16)15-6-12(2,3)17/h4-5,17H,6,14H2,1-3H3,(H,15,16). The molecular weight excluding hydrogens is 223 g/mol. The predicted octanol–water partition coefficient (Wildman–Crippen LogP) is 1.22. The van der Waals surface area contributed by atoms with Crippen LogP contribution in [0.1, 0.15) is 29.8 Å². The SMILES string of the molecule is Cc1c(N)cc(C(=O)NCC(C)(C)O)cc1F. The number of carbonyl (C=O) groups is 1. The first-order chi connectivity index (χ1) is 7.70. The molecule has 1 aromatic carbocycles. The van der Waals surface area contributed by atoms with Crippen molar-refractivity contribution in [3.05, 3.63) is 29.1 Å². The van der Waals surface area contributed by atoms with Crippen LogP contribution in [0.15, 0.2) is 12.1 Å². The molecular formula is C12H17FN2O2. The summed E-state index contributed by atoms with van der Waals surface area (Å²) in [6, 6.07) is 2.55. The third-order valence-corrected chi connectivity index (χ3v) is 2.33. The molecule has 0 aliphatic heterocycles. The second kappa shape index (κ2) is 4.71. The van der Waals surface area contributed by atoms with E-state index in [1.807, 2.05) is 0 Å². The van der Waals surface area contributed by atoms with Gasteiger partial charge >= 0.3 is 0 Å². The van der Waals surface area contributed by atoms with Crippen molar-refractivity contribution in [2.24, 2.45) is 0 Å². The lowest BCUT2D eigenvalue weighted by Crippen LogP contribution is -2.38. The van der Waals surface area contributed by atoms with Gasteiger partial charge in [0.25, 0.3) is 5.91 Å². The first-order valence-corrected chi connectivity index (χ1v) is 5.27. The van der Waals surface area contributed by atoms with Gasteiger partial charge in [-0.3, -0.25) is 4.79 Å². The van der Waals surface area contributed by atoms with Gasteiger partial charge < -0.3 is 16.2 Å². The number of aliphatic hydroxyl groups is 1. The zero-order valence-corrected chi connectivity index (χ0v) is 10.2. The minimum atomic E-state index is -1.01. The average Bonchev–Trinajstić information content (AvgIpc) is 2.20. The van der Waals surface area contributed by atoms with Gasteiger partial charge in [0.1, 0.15) is 5.82 Å². The van der Waals surface area contributed by atoms with E-state index in [-0.39, 0.29) is 17.8 Å². The Morgan fingerprint density at radius 1 is 1.53 bits per heavy atom. The molecule has 0 fully saturated rings. The second-order valence-corrected chi connectivity index (χ2v) is 4.67. The third kappa shape index (κ3) is 3.71. The van der Waals surface area contributed by atoms with Crippen LogP contribution in [0.4, 0.5) is 10.1 Å². The molecule has 4 nitrogen and oxygen atoms in total. The van der Waals surface area contributed by atoms with Crippen molar-refractivity contribution in [1.29, 1.82) is 0 Å². The van der Waals surface area contributed by atoms with Crippen LogP contribution in [-0.4, -0.2) is 23.2 Å². The minimum Gasteiger partial charge on any atom is -0.398 e. The Hall–Kier alpha value is -1.62. The lowest BCUT2D eigenvalue weighted by molar-refractivity contribution is 0.0694. The van der Waals surface area contributed by atoms with Gasteiger partial charge in [0.05, 0.1) is 5.60 Å². The number of halogens is 1. The highest BCUT2D eigenvalue weighted by Crippen LogP contribution is 2.17. The van der Waals surface area contributed by atoms with Gasteiger partial charge in [-0.25, -0.2) is 4.39 Å². The first-order valence-electron chi connectivity index (χ1n) is 5.27. The largest absolute Gasteiger partial charge is 0.398 e. The number of nitrogens with two attached hydrogens (primary N) is 1. The van der Waals surface area contributed by atoms with Crippen molar-refractivity contribution in [3.63, 3.8) is 0 Å². The van der Waals surface area contributed by atoms with E-state index in [1.165, 1.54) is 6.07 Å². The van der Waals surface area contributed by atoms with E-state index < -0.39 is 17.3 Å². The summed E-state index contributed by atoms with van der Waals surface area (Å²) in [4.78, 5) is 11.7. The molecule has 0 atom stereocenters. The Morgan fingerprint density at radius 2 is 2.12 bits per heavy atom. The van der Waals surface area contributed by atoms with E-state index in [9.17, 15) is 14.3 Å². The molecule has 0 bridgehead atoms. The van der Waals surface area contributed by atoms with Crippen LogP contribution < -0.4 is 11.1 Å². The molecule has 0 aliphatic carbocycles. The van der Waals surface area contributed by atoms with E-state index in [0.717, 1.165) is 6.07 Å². The van der Waals surface area contributed by atoms with Gasteiger partial charge in [-0.05, 0) is 32.9 Å². The highest BCUT2D eigenvalue weighted by molar-refractivity contribution is 5.95. The lowest BCUT2D eigenvalue weighted by atomic mass is 10.1. The Labute approximate surface area is 99.6 Å². The molecule has 0 spiro atoms. The highest BCUT2D eigenvalue weighted by atomic mass is 19.1. The summed E-state index contributed by atoms with van der Waals surface area (Å²) in [6.45, 7) is 4.76. The van der Waals surface area contributed by atoms with Crippen molar-refractivity contribution in [3.8, 4) is 0 Å². The van der Waals surface area contributed by atoms with Crippen molar-refractivity contribution in [2.75, 3.05) is 12.3 Å². The molecule has 0 aromatic heterocycles. The number of amides is 1. The molecule has 4 N–H and O–H groups in total. The Kier molecular flexibility index (Phi) is 3.72. The summed E-state index contributed by atoms with van der Waals surface area (Å²) in [5, 5.41) is 12.0. The van der Waals surface area contributed by atoms with Crippen molar-refractivity contribution in [2.45, 2.75) is 26.4 Å². The fourth-order valence-electron chi connectivity index (χ4n) is 1.23. The number of carbonyl (C=O) groups excluding carboxylic acids is 1. The summed E-state index contributed by atoms with van der Waals surface area (Å²) in [7, 11) is 0. The van der Waals surface area contributed by atoms with E-state index in [4.69, 9.17) is 5.73 Å². The normalized spacial score (nSPS) is 11.4. The molecule has 0 heterocycles. The first kappa shape index (κ1) is 13.4.